The van der Waals surface area contributed by atoms with E-state index in [2.05, 4.69) is 16.9 Å². The molecule has 0 aromatic heterocycles. The molecular formula is C38H36ClN3O7S. The van der Waals surface area contributed by atoms with Crippen LogP contribution in [0.25, 0.3) is 6.08 Å². The van der Waals surface area contributed by atoms with Crippen LogP contribution in [-0.4, -0.2) is 59.8 Å². The summed E-state index contributed by atoms with van der Waals surface area (Å²) >= 11 is 7.43. The molecule has 12 heteroatoms. The van der Waals surface area contributed by atoms with Gasteiger partial charge in [-0.15, -0.1) is 0 Å². The molecule has 0 atom stereocenters. The first-order valence-corrected chi connectivity index (χ1v) is 16.9. The van der Waals surface area contributed by atoms with Crippen LogP contribution in [-0.2, 0) is 23.9 Å². The predicted molar refractivity (Wildman–Crippen MR) is 196 cm³/mol. The molecular weight excluding hydrogens is 678 g/mol. The van der Waals surface area contributed by atoms with Gasteiger partial charge in [0.05, 0.1) is 30.5 Å². The van der Waals surface area contributed by atoms with E-state index in [0.717, 1.165) is 22.9 Å². The SMILES string of the molecule is C=C/C=C\C(=C/C)N1C(=O)/C(=C/c2cc(Cl)c(OCC(=O)OCC)c(OC)c2)C(=O)N=C1SCC(=O)NC(c1ccccc1)c1ccccc1. The van der Waals surface area contributed by atoms with E-state index in [0.29, 0.717) is 11.3 Å². The molecule has 3 aromatic rings. The number of benzene rings is 3. The van der Waals surface area contributed by atoms with Crippen LogP contribution in [0.4, 0.5) is 0 Å². The Balaban J connectivity index is 1.63. The molecule has 0 aliphatic carbocycles. The lowest BCUT2D eigenvalue weighted by atomic mass is 9.99. The number of halogens is 1. The highest BCUT2D eigenvalue weighted by molar-refractivity contribution is 8.14. The number of ether oxygens (including phenoxy) is 3. The Hall–Kier alpha value is -5.39. The average molecular weight is 714 g/mol. The number of nitrogens with one attached hydrogen (secondary N) is 1. The van der Waals surface area contributed by atoms with Crippen LogP contribution >= 0.6 is 23.4 Å². The maximum Gasteiger partial charge on any atom is 0.344 e. The van der Waals surface area contributed by atoms with Gasteiger partial charge in [0, 0.05) is 5.70 Å². The number of rotatable bonds is 14. The van der Waals surface area contributed by atoms with Crippen LogP contribution in [0.2, 0.25) is 5.02 Å². The van der Waals surface area contributed by atoms with E-state index in [4.69, 9.17) is 25.8 Å². The Morgan fingerprint density at radius 3 is 2.30 bits per heavy atom. The number of hydrogen-bond acceptors (Lipinski definition) is 8. The lowest BCUT2D eigenvalue weighted by Crippen LogP contribution is -2.42. The summed E-state index contributed by atoms with van der Waals surface area (Å²) in [4.78, 5) is 58.2. The molecule has 0 bridgehead atoms. The van der Waals surface area contributed by atoms with Crippen molar-refractivity contribution in [3.8, 4) is 11.5 Å². The summed E-state index contributed by atoms with van der Waals surface area (Å²) in [5.74, 6) is -2.26. The van der Waals surface area contributed by atoms with Crippen LogP contribution in [0.15, 0.2) is 120 Å². The molecule has 0 radical (unpaired) electrons. The van der Waals surface area contributed by atoms with Gasteiger partial charge in [0.1, 0.15) is 5.57 Å². The average Bonchev–Trinajstić information content (AvgIpc) is 3.12. The highest BCUT2D eigenvalue weighted by Crippen LogP contribution is 2.37. The second-order valence-corrected chi connectivity index (χ2v) is 11.8. The van der Waals surface area contributed by atoms with E-state index in [1.165, 1.54) is 30.2 Å². The van der Waals surface area contributed by atoms with Crippen LogP contribution < -0.4 is 14.8 Å². The maximum atomic E-state index is 14.1. The van der Waals surface area contributed by atoms with Crippen molar-refractivity contribution in [2.75, 3.05) is 26.1 Å². The molecule has 0 spiro atoms. The van der Waals surface area contributed by atoms with Gasteiger partial charge in [-0.2, -0.15) is 4.99 Å². The Morgan fingerprint density at radius 1 is 1.06 bits per heavy atom. The number of amidine groups is 1. The molecule has 1 N–H and O–H groups in total. The third-order valence-electron chi connectivity index (χ3n) is 7.12. The lowest BCUT2D eigenvalue weighted by molar-refractivity contribution is -0.145. The second-order valence-electron chi connectivity index (χ2n) is 10.4. The zero-order valence-electron chi connectivity index (χ0n) is 27.8. The minimum atomic E-state index is -0.804. The fraction of sp³-hybridized carbons (Fsp3) is 0.184. The number of hydrogen-bond donors (Lipinski definition) is 1. The monoisotopic (exact) mass is 713 g/mol. The first-order chi connectivity index (χ1) is 24.2. The van der Waals surface area contributed by atoms with Gasteiger partial charge < -0.3 is 19.5 Å². The molecule has 258 valence electrons. The van der Waals surface area contributed by atoms with Gasteiger partial charge in [0.2, 0.25) is 5.91 Å². The van der Waals surface area contributed by atoms with Crippen molar-refractivity contribution in [3.05, 3.63) is 137 Å². The summed E-state index contributed by atoms with van der Waals surface area (Å²) < 4.78 is 15.8. The van der Waals surface area contributed by atoms with Crippen LogP contribution in [0.5, 0.6) is 11.5 Å². The first-order valence-electron chi connectivity index (χ1n) is 15.5. The molecule has 0 saturated heterocycles. The topological polar surface area (TPSA) is 124 Å². The van der Waals surface area contributed by atoms with Gasteiger partial charge in [-0.1, -0.05) is 109 Å². The molecule has 3 aromatic carbocycles. The van der Waals surface area contributed by atoms with Gasteiger partial charge in [0.25, 0.3) is 11.8 Å². The molecule has 1 aliphatic rings. The number of thioether (sulfide) groups is 1. The Bertz CT molecular complexity index is 1820. The van der Waals surface area contributed by atoms with Crippen LogP contribution in [0, 0.1) is 0 Å². The van der Waals surface area contributed by atoms with E-state index in [1.807, 2.05) is 60.7 Å². The number of esters is 1. The van der Waals surface area contributed by atoms with Crippen LogP contribution in [0.1, 0.15) is 36.6 Å². The van der Waals surface area contributed by atoms with E-state index in [1.54, 1.807) is 38.2 Å². The minimum Gasteiger partial charge on any atom is -0.493 e. The number of aliphatic imine (C=N–C) groups is 1. The zero-order valence-corrected chi connectivity index (χ0v) is 29.3. The first kappa shape index (κ1) is 37.4. The summed E-state index contributed by atoms with van der Waals surface area (Å²) in [6.45, 7) is 6.90. The number of allylic oxidation sites excluding steroid dienone is 4. The number of nitrogens with zero attached hydrogens (tertiary/aromatic N) is 2. The van der Waals surface area contributed by atoms with Gasteiger partial charge in [0.15, 0.2) is 23.3 Å². The molecule has 50 heavy (non-hydrogen) atoms. The number of carbonyl (C=O) groups excluding carboxylic acids is 4. The van der Waals surface area contributed by atoms with E-state index in [9.17, 15) is 19.2 Å². The number of methoxy groups -OCH3 is 1. The normalized spacial score (nSPS) is 14.2. The molecule has 1 aliphatic heterocycles. The Morgan fingerprint density at radius 2 is 1.72 bits per heavy atom. The van der Waals surface area contributed by atoms with Gasteiger partial charge in [-0.3, -0.25) is 19.3 Å². The van der Waals surface area contributed by atoms with Crippen molar-refractivity contribution in [1.29, 1.82) is 0 Å². The number of carbonyl (C=O) groups is 4. The summed E-state index contributed by atoms with van der Waals surface area (Å²) in [5, 5.41) is 3.18. The molecule has 0 unspecified atom stereocenters. The molecule has 4 rings (SSSR count). The molecule has 10 nitrogen and oxygen atoms in total. The predicted octanol–water partition coefficient (Wildman–Crippen LogP) is 6.68. The Labute approximate surface area is 300 Å². The highest BCUT2D eigenvalue weighted by Gasteiger charge is 2.35. The summed E-state index contributed by atoms with van der Waals surface area (Å²) in [6, 6.07) is 21.7. The second kappa shape index (κ2) is 18.4. The third-order valence-corrected chi connectivity index (χ3v) is 8.33. The minimum absolute atomic E-state index is 0.0309. The molecule has 0 fully saturated rings. The largest absolute Gasteiger partial charge is 0.493 e. The quantitative estimate of drug-likeness (QED) is 0.0850. The standard InChI is InChI=1S/C38H36ClN3O7S/c1-5-8-19-28(6-2)42-37(46)29(20-25-21-30(39)35(31(22-25)47-4)49-23-33(44)48-7-3)36(45)41-38(42)50-24-32(43)40-34(26-15-11-9-12-16-26)27-17-13-10-14-18-27/h5-6,8-22,34H,1,7,23-24H2,2-4H3,(H,40,43)/b19-8-,28-6+,29-20+. The van der Waals surface area contributed by atoms with E-state index >= 15 is 0 Å². The van der Waals surface area contributed by atoms with Crippen molar-refractivity contribution in [1.82, 2.24) is 10.2 Å². The van der Waals surface area contributed by atoms with Gasteiger partial charge in [-0.25, -0.2) is 4.79 Å². The summed E-state index contributed by atoms with van der Waals surface area (Å²) in [5.41, 5.74) is 2.29. The zero-order chi connectivity index (χ0) is 36.0. The fourth-order valence-electron chi connectivity index (χ4n) is 4.86. The van der Waals surface area contributed by atoms with Crippen molar-refractivity contribution >= 4 is 58.3 Å². The lowest BCUT2D eigenvalue weighted by Gasteiger charge is -2.28. The van der Waals surface area contributed by atoms with Gasteiger partial charge in [-0.05, 0) is 54.8 Å². The van der Waals surface area contributed by atoms with E-state index in [-0.39, 0.29) is 45.5 Å². The smallest absolute Gasteiger partial charge is 0.344 e. The fourth-order valence-corrected chi connectivity index (χ4v) is 5.94. The van der Waals surface area contributed by atoms with Crippen LogP contribution in [0.3, 0.4) is 0 Å². The van der Waals surface area contributed by atoms with Crippen molar-refractivity contribution in [2.24, 2.45) is 4.99 Å². The highest BCUT2D eigenvalue weighted by atomic mass is 35.5. The molecule has 3 amide bonds. The van der Waals surface area contributed by atoms with Crippen molar-refractivity contribution in [3.63, 3.8) is 0 Å². The van der Waals surface area contributed by atoms with Crippen molar-refractivity contribution < 1.29 is 33.4 Å². The molecule has 0 saturated carbocycles. The third kappa shape index (κ3) is 9.61. The van der Waals surface area contributed by atoms with E-state index < -0.39 is 30.4 Å². The number of amides is 3. The summed E-state index contributed by atoms with van der Waals surface area (Å²) in [6.07, 6.45) is 7.85. The maximum absolute atomic E-state index is 14.1. The van der Waals surface area contributed by atoms with Gasteiger partial charge >= 0.3 is 5.97 Å². The van der Waals surface area contributed by atoms with Crippen molar-refractivity contribution in [2.45, 2.75) is 19.9 Å². The molecule has 1 heterocycles. The summed E-state index contributed by atoms with van der Waals surface area (Å²) in [7, 11) is 1.38. The Kier molecular flexibility index (Phi) is 13.8.